The molecular formula is C27H27N7. The number of hydrogen-bond donors (Lipinski definition) is 3. The number of aryl methyl sites for hydroxylation is 3. The molecule has 0 atom stereocenters. The molecule has 0 spiro atoms. The van der Waals surface area contributed by atoms with Gasteiger partial charge in [0.1, 0.15) is 23.8 Å². The molecule has 0 saturated heterocycles. The lowest BCUT2D eigenvalue weighted by atomic mass is 9.96. The maximum atomic E-state index is 6.08. The van der Waals surface area contributed by atoms with E-state index in [1.54, 1.807) is 12.5 Å². The van der Waals surface area contributed by atoms with E-state index >= 15 is 0 Å². The van der Waals surface area contributed by atoms with E-state index in [4.69, 9.17) is 5.73 Å². The highest BCUT2D eigenvalue weighted by molar-refractivity contribution is 5.94. The first-order chi connectivity index (χ1) is 16.5. The monoisotopic (exact) mass is 449 g/mol. The minimum atomic E-state index is 0.563. The molecule has 0 aliphatic heterocycles. The molecule has 5 aromatic rings. The van der Waals surface area contributed by atoms with Crippen LogP contribution in [0.3, 0.4) is 0 Å². The zero-order valence-corrected chi connectivity index (χ0v) is 19.6. The number of hydrogen-bond acceptors (Lipinski definition) is 7. The van der Waals surface area contributed by atoms with E-state index in [0.717, 1.165) is 39.0 Å². The zero-order valence-electron chi connectivity index (χ0n) is 19.6. The lowest BCUT2D eigenvalue weighted by Crippen LogP contribution is -2.08. The molecule has 5 rings (SSSR count). The van der Waals surface area contributed by atoms with Crippen molar-refractivity contribution in [3.05, 3.63) is 89.0 Å². The first-order valence-corrected chi connectivity index (χ1v) is 11.3. The molecule has 3 heterocycles. The Labute approximate surface area is 198 Å². The molecule has 0 aliphatic rings. The Kier molecular flexibility index (Phi) is 5.67. The molecule has 0 radical (unpaired) electrons. The van der Waals surface area contributed by atoms with Crippen LogP contribution in [0.15, 0.2) is 61.1 Å². The SMILES string of the molecule is Cc1ccc2cc(CNc3cc(NCc4c(C)cc5c(N)nccc5c4C)ncn3)ccc2n1. The second-order valence-corrected chi connectivity index (χ2v) is 8.56. The van der Waals surface area contributed by atoms with Gasteiger partial charge in [-0.05, 0) is 78.7 Å². The number of benzene rings is 2. The highest BCUT2D eigenvalue weighted by Gasteiger charge is 2.10. The standard InChI is InChI=1S/C27H27N7/c1-16-10-22-21(8-9-29-27(22)28)18(3)23(16)14-31-26-12-25(32-15-33-26)30-13-19-5-7-24-20(11-19)6-4-17(2)34-24/h4-12,15H,13-14H2,1-3H3,(H2,28,29)(H2,30,31,32,33). The van der Waals surface area contributed by atoms with Gasteiger partial charge in [-0.2, -0.15) is 0 Å². The highest BCUT2D eigenvalue weighted by Crippen LogP contribution is 2.28. The summed E-state index contributed by atoms with van der Waals surface area (Å²) < 4.78 is 0. The number of rotatable bonds is 6. The lowest BCUT2D eigenvalue weighted by Gasteiger charge is -2.15. The predicted molar refractivity (Wildman–Crippen MR) is 139 cm³/mol. The fourth-order valence-corrected chi connectivity index (χ4v) is 4.31. The molecule has 0 aliphatic carbocycles. The number of pyridine rings is 2. The number of anilines is 3. The number of nitrogens with zero attached hydrogens (tertiary/aromatic N) is 4. The Morgan fingerprint density at radius 2 is 1.59 bits per heavy atom. The van der Waals surface area contributed by atoms with Gasteiger partial charge in [0.15, 0.2) is 0 Å². The van der Waals surface area contributed by atoms with Crippen LogP contribution in [0.4, 0.5) is 17.5 Å². The molecule has 7 heteroatoms. The van der Waals surface area contributed by atoms with E-state index in [0.29, 0.717) is 18.9 Å². The molecule has 4 N–H and O–H groups in total. The maximum Gasteiger partial charge on any atom is 0.131 e. The molecule has 34 heavy (non-hydrogen) atoms. The molecule has 0 saturated carbocycles. The summed E-state index contributed by atoms with van der Waals surface area (Å²) >= 11 is 0. The third kappa shape index (κ3) is 4.32. The first-order valence-electron chi connectivity index (χ1n) is 11.3. The number of nitrogens with one attached hydrogen (secondary N) is 2. The summed E-state index contributed by atoms with van der Waals surface area (Å²) in [5, 5.41) is 10.1. The van der Waals surface area contributed by atoms with E-state index in [-0.39, 0.29) is 0 Å². The van der Waals surface area contributed by atoms with E-state index in [1.807, 2.05) is 25.1 Å². The molecular weight excluding hydrogens is 422 g/mol. The van der Waals surface area contributed by atoms with E-state index in [9.17, 15) is 0 Å². The molecule has 3 aromatic heterocycles. The van der Waals surface area contributed by atoms with Gasteiger partial charge in [-0.15, -0.1) is 0 Å². The van der Waals surface area contributed by atoms with Crippen molar-refractivity contribution in [2.24, 2.45) is 0 Å². The van der Waals surface area contributed by atoms with Gasteiger partial charge in [0.25, 0.3) is 0 Å². The fraction of sp³-hybridized carbons (Fsp3) is 0.185. The second-order valence-electron chi connectivity index (χ2n) is 8.56. The minimum absolute atomic E-state index is 0.563. The summed E-state index contributed by atoms with van der Waals surface area (Å²) in [6.45, 7) is 7.55. The Hall–Kier alpha value is -4.26. The van der Waals surface area contributed by atoms with Gasteiger partial charge in [0.2, 0.25) is 0 Å². The Bertz CT molecular complexity index is 1510. The molecule has 0 bridgehead atoms. The van der Waals surface area contributed by atoms with Gasteiger partial charge in [-0.25, -0.2) is 15.0 Å². The average molecular weight is 450 g/mol. The number of nitrogens with two attached hydrogens (primary N) is 1. The van der Waals surface area contributed by atoms with Crippen LogP contribution in [-0.4, -0.2) is 19.9 Å². The molecule has 0 fully saturated rings. The summed E-state index contributed by atoms with van der Waals surface area (Å²) in [6.07, 6.45) is 3.33. The summed E-state index contributed by atoms with van der Waals surface area (Å²) in [4.78, 5) is 17.5. The van der Waals surface area contributed by atoms with Crippen LogP contribution in [0.25, 0.3) is 21.7 Å². The van der Waals surface area contributed by atoms with E-state index < -0.39 is 0 Å². The molecule has 0 amide bonds. The van der Waals surface area contributed by atoms with Gasteiger partial charge in [0.05, 0.1) is 5.52 Å². The van der Waals surface area contributed by atoms with Crippen LogP contribution >= 0.6 is 0 Å². The Morgan fingerprint density at radius 1 is 0.794 bits per heavy atom. The lowest BCUT2D eigenvalue weighted by molar-refractivity contribution is 1.04. The van der Waals surface area contributed by atoms with Crippen molar-refractivity contribution in [1.29, 1.82) is 0 Å². The highest BCUT2D eigenvalue weighted by atomic mass is 15.1. The first kappa shape index (κ1) is 21.6. The van der Waals surface area contributed by atoms with Gasteiger partial charge >= 0.3 is 0 Å². The van der Waals surface area contributed by atoms with Crippen molar-refractivity contribution in [3.8, 4) is 0 Å². The van der Waals surface area contributed by atoms with Gasteiger partial charge < -0.3 is 16.4 Å². The largest absolute Gasteiger partial charge is 0.383 e. The van der Waals surface area contributed by atoms with Crippen molar-refractivity contribution in [2.75, 3.05) is 16.4 Å². The van der Waals surface area contributed by atoms with Crippen molar-refractivity contribution in [3.63, 3.8) is 0 Å². The normalized spacial score (nSPS) is 11.1. The van der Waals surface area contributed by atoms with E-state index in [1.165, 1.54) is 22.3 Å². The van der Waals surface area contributed by atoms with Crippen LogP contribution < -0.4 is 16.4 Å². The smallest absolute Gasteiger partial charge is 0.131 e. The van der Waals surface area contributed by atoms with E-state index in [2.05, 4.69) is 74.7 Å². The molecule has 7 nitrogen and oxygen atoms in total. The van der Waals surface area contributed by atoms with Crippen LogP contribution in [0.2, 0.25) is 0 Å². The number of aromatic nitrogens is 4. The third-order valence-corrected chi connectivity index (χ3v) is 6.19. The van der Waals surface area contributed by atoms with Gasteiger partial charge in [-0.1, -0.05) is 12.1 Å². The zero-order chi connectivity index (χ0) is 23.7. The quantitative estimate of drug-likeness (QED) is 0.323. The molecule has 2 aromatic carbocycles. The maximum absolute atomic E-state index is 6.08. The Morgan fingerprint density at radius 3 is 2.41 bits per heavy atom. The van der Waals surface area contributed by atoms with Crippen molar-refractivity contribution < 1.29 is 0 Å². The van der Waals surface area contributed by atoms with Crippen molar-refractivity contribution >= 4 is 39.1 Å². The summed E-state index contributed by atoms with van der Waals surface area (Å²) in [6, 6.07) is 16.5. The van der Waals surface area contributed by atoms with Crippen LogP contribution in [0.1, 0.15) is 27.9 Å². The minimum Gasteiger partial charge on any atom is -0.383 e. The van der Waals surface area contributed by atoms with Crippen LogP contribution in [-0.2, 0) is 13.1 Å². The Balaban J connectivity index is 1.29. The number of fused-ring (bicyclic) bond motifs is 2. The second kappa shape index (κ2) is 8.94. The van der Waals surface area contributed by atoms with Gasteiger partial charge in [-0.3, -0.25) is 4.98 Å². The van der Waals surface area contributed by atoms with Crippen LogP contribution in [0.5, 0.6) is 0 Å². The van der Waals surface area contributed by atoms with Crippen LogP contribution in [0, 0.1) is 20.8 Å². The third-order valence-electron chi connectivity index (χ3n) is 6.19. The summed E-state index contributed by atoms with van der Waals surface area (Å²) in [5.74, 6) is 2.10. The number of nitrogen functional groups attached to an aromatic ring is 1. The summed E-state index contributed by atoms with van der Waals surface area (Å²) in [7, 11) is 0. The van der Waals surface area contributed by atoms with Crippen molar-refractivity contribution in [2.45, 2.75) is 33.9 Å². The molecule has 170 valence electrons. The summed E-state index contributed by atoms with van der Waals surface area (Å²) in [5.41, 5.74) is 12.9. The topological polar surface area (TPSA) is 102 Å². The van der Waals surface area contributed by atoms with Gasteiger partial charge in [0, 0.05) is 41.8 Å². The average Bonchev–Trinajstić information content (AvgIpc) is 2.83. The fourth-order valence-electron chi connectivity index (χ4n) is 4.31. The van der Waals surface area contributed by atoms with Crippen molar-refractivity contribution in [1.82, 2.24) is 19.9 Å². The molecule has 0 unspecified atom stereocenters. The predicted octanol–water partition coefficient (Wildman–Crippen LogP) is 5.30.